The first kappa shape index (κ1) is 34.2. The van der Waals surface area contributed by atoms with Crippen molar-refractivity contribution in [3.05, 3.63) is 155 Å². The Morgan fingerprint density at radius 1 is 0.811 bits per heavy atom. The van der Waals surface area contributed by atoms with Crippen LogP contribution in [0.2, 0.25) is 0 Å². The number of fused-ring (bicyclic) bond motifs is 2. The first-order chi connectivity index (χ1) is 25.7. The molecule has 1 unspecified atom stereocenters. The van der Waals surface area contributed by atoms with Crippen LogP contribution < -0.4 is 10.1 Å². The molecule has 0 aliphatic carbocycles. The molecule has 53 heavy (non-hydrogen) atoms. The fourth-order valence-electron chi connectivity index (χ4n) is 7.82. The maximum Gasteiger partial charge on any atom is 0.410 e. The number of likely N-dealkylation sites (tertiary alicyclic amines) is 1. The molecule has 0 spiro atoms. The number of amides is 2. The summed E-state index contributed by atoms with van der Waals surface area (Å²) in [6, 6.07) is 43.4. The van der Waals surface area contributed by atoms with Crippen LogP contribution in [0.1, 0.15) is 66.2 Å². The van der Waals surface area contributed by atoms with E-state index in [0.29, 0.717) is 25.3 Å². The van der Waals surface area contributed by atoms with Crippen molar-refractivity contribution in [1.82, 2.24) is 20.0 Å². The fraction of sp³-hybridized carbons (Fsp3) is 0.267. The monoisotopic (exact) mass is 704 g/mol. The van der Waals surface area contributed by atoms with Crippen molar-refractivity contribution in [1.29, 1.82) is 0 Å². The molecule has 2 aliphatic heterocycles. The summed E-state index contributed by atoms with van der Waals surface area (Å²) in [5.41, 5.74) is 6.04. The third kappa shape index (κ3) is 6.54. The summed E-state index contributed by atoms with van der Waals surface area (Å²) in [4.78, 5) is 28.6. The van der Waals surface area contributed by atoms with Crippen molar-refractivity contribution in [2.24, 2.45) is 0 Å². The molecule has 1 N–H and O–H groups in total. The SMILES string of the molecule is CC(C)(C)OC(=O)N1CCCC(NC(=O)c2ccc3c(c2)c(-c2ccc4c(c2)CCO4)nn3C(c2ccccc2)(c2ccccc2)c2ccccc2)C1. The molecule has 3 heterocycles. The molecule has 0 bridgehead atoms. The Labute approximate surface area is 310 Å². The van der Waals surface area contributed by atoms with Crippen LogP contribution in [0.4, 0.5) is 4.79 Å². The molecule has 8 heteroatoms. The molecule has 2 aliphatic rings. The van der Waals surface area contributed by atoms with Crippen molar-refractivity contribution in [3.63, 3.8) is 0 Å². The Hall–Kier alpha value is -5.89. The molecule has 268 valence electrons. The third-order valence-corrected chi connectivity index (χ3v) is 10.2. The summed E-state index contributed by atoms with van der Waals surface area (Å²) in [6.07, 6.45) is 2.04. The van der Waals surface area contributed by atoms with Crippen molar-refractivity contribution in [2.75, 3.05) is 19.7 Å². The lowest BCUT2D eigenvalue weighted by atomic mass is 9.77. The van der Waals surface area contributed by atoms with E-state index in [-0.39, 0.29) is 18.0 Å². The van der Waals surface area contributed by atoms with E-state index in [1.165, 1.54) is 0 Å². The van der Waals surface area contributed by atoms with Crippen LogP contribution >= 0.6 is 0 Å². The minimum Gasteiger partial charge on any atom is -0.493 e. The van der Waals surface area contributed by atoms with Crippen LogP contribution in [0.3, 0.4) is 0 Å². The van der Waals surface area contributed by atoms with Gasteiger partial charge in [0.2, 0.25) is 0 Å². The van der Waals surface area contributed by atoms with Crippen molar-refractivity contribution in [2.45, 2.75) is 57.2 Å². The Bertz CT molecular complexity index is 2160. The first-order valence-electron chi connectivity index (χ1n) is 18.5. The quantitative estimate of drug-likeness (QED) is 0.168. The van der Waals surface area contributed by atoms with E-state index in [0.717, 1.165) is 69.4 Å². The lowest BCUT2D eigenvalue weighted by molar-refractivity contribution is 0.0185. The second-order valence-corrected chi connectivity index (χ2v) is 15.0. The van der Waals surface area contributed by atoms with Gasteiger partial charge in [0.1, 0.15) is 22.6 Å². The van der Waals surface area contributed by atoms with Crippen LogP contribution in [-0.2, 0) is 16.7 Å². The van der Waals surface area contributed by atoms with E-state index in [1.807, 2.05) is 63.2 Å². The zero-order valence-corrected chi connectivity index (χ0v) is 30.4. The highest BCUT2D eigenvalue weighted by Crippen LogP contribution is 2.44. The summed E-state index contributed by atoms with van der Waals surface area (Å²) < 4.78 is 13.6. The molecule has 2 amide bonds. The van der Waals surface area contributed by atoms with Gasteiger partial charge >= 0.3 is 6.09 Å². The maximum absolute atomic E-state index is 14.0. The second-order valence-electron chi connectivity index (χ2n) is 15.0. The van der Waals surface area contributed by atoms with Crippen LogP contribution in [0.5, 0.6) is 5.75 Å². The van der Waals surface area contributed by atoms with Gasteiger partial charge in [-0.1, -0.05) is 91.0 Å². The van der Waals surface area contributed by atoms with Gasteiger partial charge in [-0.2, -0.15) is 5.10 Å². The minimum atomic E-state index is -0.850. The number of nitrogens with zero attached hydrogens (tertiary/aromatic N) is 3. The average Bonchev–Trinajstić information content (AvgIpc) is 3.81. The molecule has 1 atom stereocenters. The molecule has 0 radical (unpaired) electrons. The predicted molar refractivity (Wildman–Crippen MR) is 207 cm³/mol. The largest absolute Gasteiger partial charge is 0.493 e. The van der Waals surface area contributed by atoms with Crippen molar-refractivity contribution >= 4 is 22.9 Å². The molecule has 1 aromatic heterocycles. The third-order valence-electron chi connectivity index (χ3n) is 10.2. The predicted octanol–water partition coefficient (Wildman–Crippen LogP) is 8.61. The topological polar surface area (TPSA) is 85.7 Å². The number of ether oxygens (including phenoxy) is 2. The summed E-state index contributed by atoms with van der Waals surface area (Å²) in [6.45, 7) is 7.25. The standard InChI is InChI=1S/C45H44N4O4/c1-44(2,3)53-43(51)48-26-13-20-37(30-48)46-42(50)33-21-23-39-38(29-33)41(32-22-24-40-31(28-32)25-27-52-40)47-49(39)45(34-14-7-4-8-15-34,35-16-9-5-10-17-35)36-18-11-6-12-19-36/h4-12,14-19,21-24,28-29,37H,13,20,25-27,30H2,1-3H3,(H,46,50). The number of carbonyl (C=O) groups excluding carboxylic acids is 2. The summed E-state index contributed by atoms with van der Waals surface area (Å²) in [5.74, 6) is 0.710. The Kier molecular flexibility index (Phi) is 8.98. The normalized spacial score (nSPS) is 15.8. The summed E-state index contributed by atoms with van der Waals surface area (Å²) in [7, 11) is 0. The van der Waals surface area contributed by atoms with E-state index >= 15 is 0 Å². The number of aromatic nitrogens is 2. The zero-order valence-electron chi connectivity index (χ0n) is 30.4. The van der Waals surface area contributed by atoms with Crippen molar-refractivity contribution < 1.29 is 19.1 Å². The highest BCUT2D eigenvalue weighted by atomic mass is 16.6. The molecule has 8 nitrogen and oxygen atoms in total. The van der Waals surface area contributed by atoms with E-state index in [2.05, 4.69) is 94.9 Å². The molecule has 8 rings (SSSR count). The molecule has 1 fully saturated rings. The lowest BCUT2D eigenvalue weighted by Crippen LogP contribution is -2.50. The molecular formula is C45H44N4O4. The average molecular weight is 705 g/mol. The van der Waals surface area contributed by atoms with Gasteiger partial charge in [-0.25, -0.2) is 9.48 Å². The smallest absolute Gasteiger partial charge is 0.410 e. The fourth-order valence-corrected chi connectivity index (χ4v) is 7.82. The molecule has 1 saturated heterocycles. The minimum absolute atomic E-state index is 0.190. The highest BCUT2D eigenvalue weighted by Gasteiger charge is 2.41. The molecule has 5 aromatic carbocycles. The van der Waals surface area contributed by atoms with E-state index in [4.69, 9.17) is 14.6 Å². The van der Waals surface area contributed by atoms with Gasteiger partial charge in [-0.05, 0) is 92.3 Å². The summed E-state index contributed by atoms with van der Waals surface area (Å²) in [5, 5.41) is 9.63. The number of piperidine rings is 1. The van der Waals surface area contributed by atoms with Gasteiger partial charge in [0.15, 0.2) is 0 Å². The van der Waals surface area contributed by atoms with Gasteiger partial charge in [0.05, 0.1) is 12.1 Å². The number of hydrogen-bond acceptors (Lipinski definition) is 5. The number of hydrogen-bond donors (Lipinski definition) is 1. The van der Waals surface area contributed by atoms with E-state index < -0.39 is 11.1 Å². The molecule has 0 saturated carbocycles. The molecular weight excluding hydrogens is 661 g/mol. The van der Waals surface area contributed by atoms with Gasteiger partial charge in [0.25, 0.3) is 5.91 Å². The van der Waals surface area contributed by atoms with Crippen LogP contribution in [0, 0.1) is 0 Å². The summed E-state index contributed by atoms with van der Waals surface area (Å²) >= 11 is 0. The van der Waals surface area contributed by atoms with E-state index in [9.17, 15) is 9.59 Å². The number of nitrogens with one attached hydrogen (secondary N) is 1. The van der Waals surface area contributed by atoms with Crippen LogP contribution in [-0.4, -0.2) is 58.0 Å². The first-order valence-corrected chi connectivity index (χ1v) is 18.5. The second kappa shape index (κ2) is 13.9. The van der Waals surface area contributed by atoms with Crippen molar-refractivity contribution in [3.8, 4) is 17.0 Å². The number of rotatable bonds is 7. The lowest BCUT2D eigenvalue weighted by Gasteiger charge is -2.37. The Morgan fingerprint density at radius 2 is 1.45 bits per heavy atom. The van der Waals surface area contributed by atoms with Gasteiger partial charge in [-0.15, -0.1) is 0 Å². The van der Waals surface area contributed by atoms with Gasteiger partial charge in [-0.3, -0.25) is 4.79 Å². The van der Waals surface area contributed by atoms with Gasteiger partial charge in [0, 0.05) is 42.1 Å². The maximum atomic E-state index is 14.0. The Morgan fingerprint density at radius 3 is 2.08 bits per heavy atom. The van der Waals surface area contributed by atoms with Crippen LogP contribution in [0.25, 0.3) is 22.2 Å². The highest BCUT2D eigenvalue weighted by molar-refractivity contribution is 6.02. The number of carbonyl (C=O) groups is 2. The van der Waals surface area contributed by atoms with E-state index in [1.54, 1.807) is 4.90 Å². The molecule has 6 aromatic rings. The Balaban J connectivity index is 1.27. The number of benzene rings is 5. The zero-order chi connectivity index (χ0) is 36.6. The van der Waals surface area contributed by atoms with Gasteiger partial charge < -0.3 is 19.7 Å². The van der Waals surface area contributed by atoms with Crippen LogP contribution in [0.15, 0.2) is 127 Å².